The fourth-order valence-electron chi connectivity index (χ4n) is 3.90. The van der Waals surface area contributed by atoms with E-state index in [0.717, 1.165) is 21.6 Å². The van der Waals surface area contributed by atoms with Gasteiger partial charge in [-0.15, -0.1) is 0 Å². The van der Waals surface area contributed by atoms with Crippen molar-refractivity contribution in [2.75, 3.05) is 11.2 Å². The molecule has 0 amide bonds. The number of carbonyl (C=O) groups is 1. The molecule has 0 spiro atoms. The number of carboxylic acids is 1. The zero-order chi connectivity index (χ0) is 20.8. The molecule has 0 bridgehead atoms. The first-order valence-electron chi connectivity index (χ1n) is 9.83. The second-order valence-corrected chi connectivity index (χ2v) is 10.2. The molecule has 148 valence electrons. The Morgan fingerprint density at radius 1 is 0.600 bits per heavy atom. The number of hydrogen-bond donors (Lipinski definition) is 1. The van der Waals surface area contributed by atoms with Crippen LogP contribution in [0.15, 0.2) is 121 Å². The molecule has 1 N–H and O–H groups in total. The van der Waals surface area contributed by atoms with Gasteiger partial charge in [0, 0.05) is 0 Å². The Hall–Kier alpha value is -3.42. The number of rotatable bonds is 7. The summed E-state index contributed by atoms with van der Waals surface area (Å²) in [6, 6.07) is 40.7. The summed E-state index contributed by atoms with van der Waals surface area (Å²) in [5, 5.41) is 13.3. The minimum Gasteiger partial charge on any atom is -0.480 e. The van der Waals surface area contributed by atoms with Crippen LogP contribution >= 0.6 is 7.41 Å². The summed E-state index contributed by atoms with van der Waals surface area (Å²) in [6.45, 7) is -0.101. The lowest BCUT2D eigenvalue weighted by molar-refractivity contribution is -0.135. The molecule has 0 saturated carbocycles. The van der Waals surface area contributed by atoms with Gasteiger partial charge in [-0.25, -0.2) is 4.67 Å². The number of para-hydroxylation sites is 1. The van der Waals surface area contributed by atoms with Gasteiger partial charge < -0.3 is 5.11 Å². The second-order valence-electron chi connectivity index (χ2n) is 6.93. The van der Waals surface area contributed by atoms with E-state index in [9.17, 15) is 9.90 Å². The number of carboxylic acid groups (broad SMARTS) is 1. The molecule has 0 saturated heterocycles. The highest BCUT2D eigenvalue weighted by molar-refractivity contribution is 7.97. The monoisotopic (exact) mass is 412 g/mol. The lowest BCUT2D eigenvalue weighted by Gasteiger charge is -2.37. The van der Waals surface area contributed by atoms with Crippen molar-refractivity contribution in [1.82, 2.24) is 0 Å². The van der Waals surface area contributed by atoms with Gasteiger partial charge in [0.15, 0.2) is 6.54 Å². The maximum Gasteiger partial charge on any atom is 0.327 e. The van der Waals surface area contributed by atoms with Crippen molar-refractivity contribution in [2.24, 2.45) is 0 Å². The van der Waals surface area contributed by atoms with Crippen LogP contribution in [0, 0.1) is 0 Å². The zero-order valence-electron chi connectivity index (χ0n) is 16.5. The molecule has 0 atom stereocenters. The molecule has 0 aliphatic rings. The molecule has 4 rings (SSSR count). The third-order valence-corrected chi connectivity index (χ3v) is 9.32. The Balaban J connectivity index is 2.12. The number of aliphatic carboxylic acids is 1. The van der Waals surface area contributed by atoms with E-state index < -0.39 is 13.4 Å². The highest BCUT2D eigenvalue weighted by atomic mass is 31.2. The number of nitrogens with zero attached hydrogens (tertiary/aromatic N) is 1. The summed E-state index contributed by atoms with van der Waals surface area (Å²) < 4.78 is 2.09. The fourth-order valence-corrected chi connectivity index (χ4v) is 8.25. The SMILES string of the molecule is O=C(O)CN(c1ccccc1)[P+](c1ccccc1)(c1ccccc1)c1ccccc1. The van der Waals surface area contributed by atoms with Gasteiger partial charge in [0.2, 0.25) is 7.41 Å². The van der Waals surface area contributed by atoms with Gasteiger partial charge in [-0.3, -0.25) is 4.79 Å². The molecule has 0 aliphatic carbocycles. The fraction of sp³-hybridized carbons (Fsp3) is 0.0385. The van der Waals surface area contributed by atoms with Crippen molar-refractivity contribution in [3.63, 3.8) is 0 Å². The van der Waals surface area contributed by atoms with Crippen molar-refractivity contribution in [2.45, 2.75) is 0 Å². The number of hydrogen-bond acceptors (Lipinski definition) is 2. The molecule has 4 heteroatoms. The van der Waals surface area contributed by atoms with Gasteiger partial charge in [-0.05, 0) is 48.5 Å². The van der Waals surface area contributed by atoms with E-state index in [1.807, 2.05) is 84.9 Å². The molecule has 0 radical (unpaired) electrons. The quantitative estimate of drug-likeness (QED) is 0.455. The van der Waals surface area contributed by atoms with E-state index in [4.69, 9.17) is 0 Å². The molecular formula is C26H23NO2P+. The number of benzene rings is 4. The van der Waals surface area contributed by atoms with E-state index in [2.05, 4.69) is 41.1 Å². The van der Waals surface area contributed by atoms with Crippen LogP contribution < -0.4 is 20.6 Å². The Kier molecular flexibility index (Phi) is 5.92. The molecule has 0 unspecified atom stereocenters. The van der Waals surface area contributed by atoms with Crippen LogP contribution in [0.25, 0.3) is 0 Å². The first kappa shape index (κ1) is 19.9. The van der Waals surface area contributed by atoms with Crippen molar-refractivity contribution < 1.29 is 9.90 Å². The first-order chi connectivity index (χ1) is 14.7. The van der Waals surface area contributed by atoms with Gasteiger partial charge in [0.1, 0.15) is 15.9 Å². The number of anilines is 1. The van der Waals surface area contributed by atoms with E-state index >= 15 is 0 Å². The summed E-state index contributed by atoms with van der Waals surface area (Å²) in [4.78, 5) is 12.1. The molecule has 0 aliphatic heterocycles. The van der Waals surface area contributed by atoms with E-state index in [-0.39, 0.29) is 6.54 Å². The van der Waals surface area contributed by atoms with Gasteiger partial charge in [0.05, 0.1) is 5.69 Å². The molecule has 0 fully saturated rings. The van der Waals surface area contributed by atoms with Gasteiger partial charge >= 0.3 is 5.97 Å². The highest BCUT2D eigenvalue weighted by Crippen LogP contribution is 2.60. The van der Waals surface area contributed by atoms with Gasteiger partial charge in [0.25, 0.3) is 0 Å². The lowest BCUT2D eigenvalue weighted by atomic mass is 10.3. The largest absolute Gasteiger partial charge is 0.480 e. The van der Waals surface area contributed by atoms with E-state index in [0.29, 0.717) is 0 Å². The molecule has 4 aromatic rings. The average Bonchev–Trinajstić information content (AvgIpc) is 2.81. The smallest absolute Gasteiger partial charge is 0.327 e. The topological polar surface area (TPSA) is 40.5 Å². The third kappa shape index (κ3) is 3.72. The standard InChI is InChI=1S/C26H22NO2P/c28-26(29)21-27(22-13-5-1-6-14-22)30(23-15-7-2-8-16-23,24-17-9-3-10-18-24)25-19-11-4-12-20-25/h1-20H,21H2/p+1. The summed E-state index contributed by atoms with van der Waals surface area (Å²) >= 11 is 0. The van der Waals surface area contributed by atoms with Crippen LogP contribution in [0.1, 0.15) is 0 Å². The van der Waals surface area contributed by atoms with Crippen molar-refractivity contribution in [1.29, 1.82) is 0 Å². The zero-order valence-corrected chi connectivity index (χ0v) is 17.4. The molecule has 0 heterocycles. The maximum absolute atomic E-state index is 12.1. The van der Waals surface area contributed by atoms with Gasteiger partial charge in [-0.2, -0.15) is 0 Å². The van der Waals surface area contributed by atoms with Gasteiger partial charge in [-0.1, -0.05) is 72.8 Å². The highest BCUT2D eigenvalue weighted by Gasteiger charge is 2.52. The minimum atomic E-state index is -2.49. The maximum atomic E-state index is 12.1. The normalized spacial score (nSPS) is 11.1. The van der Waals surface area contributed by atoms with Crippen molar-refractivity contribution in [3.05, 3.63) is 121 Å². The van der Waals surface area contributed by atoms with Crippen LogP contribution in [0.4, 0.5) is 5.69 Å². The van der Waals surface area contributed by atoms with Crippen LogP contribution in [0.3, 0.4) is 0 Å². The summed E-state index contributed by atoms with van der Waals surface area (Å²) in [5.74, 6) is -0.856. The summed E-state index contributed by atoms with van der Waals surface area (Å²) in [5.41, 5.74) is 0.893. The lowest BCUT2D eigenvalue weighted by Crippen LogP contribution is -2.45. The van der Waals surface area contributed by atoms with E-state index in [1.54, 1.807) is 0 Å². The van der Waals surface area contributed by atoms with Crippen LogP contribution in [-0.2, 0) is 4.79 Å². The van der Waals surface area contributed by atoms with Crippen LogP contribution in [-0.4, -0.2) is 17.6 Å². The van der Waals surface area contributed by atoms with Crippen molar-refractivity contribution >= 4 is 35.0 Å². The molecule has 4 aromatic carbocycles. The molecule has 3 nitrogen and oxygen atoms in total. The average molecular weight is 412 g/mol. The summed E-state index contributed by atoms with van der Waals surface area (Å²) in [6.07, 6.45) is 0. The molecular weight excluding hydrogens is 389 g/mol. The Labute approximate surface area is 177 Å². The molecule has 30 heavy (non-hydrogen) atoms. The minimum absolute atomic E-state index is 0.101. The second kappa shape index (κ2) is 8.94. The predicted molar refractivity (Wildman–Crippen MR) is 127 cm³/mol. The Morgan fingerprint density at radius 3 is 1.27 bits per heavy atom. The van der Waals surface area contributed by atoms with E-state index in [1.165, 1.54) is 0 Å². The predicted octanol–water partition coefficient (Wildman–Crippen LogP) is 4.49. The van der Waals surface area contributed by atoms with Crippen LogP contribution in [0.2, 0.25) is 0 Å². The Morgan fingerprint density at radius 2 is 0.933 bits per heavy atom. The Bertz CT molecular complexity index is 990. The summed E-state index contributed by atoms with van der Waals surface area (Å²) in [7, 11) is -2.49. The molecule has 0 aromatic heterocycles. The van der Waals surface area contributed by atoms with Crippen molar-refractivity contribution in [3.8, 4) is 0 Å². The third-order valence-electron chi connectivity index (χ3n) is 5.09. The first-order valence-corrected chi connectivity index (χ1v) is 11.6. The van der Waals surface area contributed by atoms with Crippen LogP contribution in [0.5, 0.6) is 0 Å².